The van der Waals surface area contributed by atoms with E-state index in [-0.39, 0.29) is 17.9 Å². The van der Waals surface area contributed by atoms with Gasteiger partial charge in [0.25, 0.3) is 10.0 Å². The van der Waals surface area contributed by atoms with Gasteiger partial charge in [-0.15, -0.1) is 0 Å². The number of anilines is 1. The number of hydrogen-bond donors (Lipinski definition) is 1. The number of para-hydroxylation sites is 1. The summed E-state index contributed by atoms with van der Waals surface area (Å²) in [5.74, 6) is -2.91. The van der Waals surface area contributed by atoms with Crippen LogP contribution in [-0.4, -0.2) is 21.0 Å². The second-order valence-electron chi connectivity index (χ2n) is 4.61. The molecule has 126 valence electrons. The van der Waals surface area contributed by atoms with Gasteiger partial charge in [0.1, 0.15) is 23.1 Å². The highest BCUT2D eigenvalue weighted by atomic mass is 32.2. The molecule has 0 atom stereocenters. The highest BCUT2D eigenvalue weighted by molar-refractivity contribution is 7.92. The monoisotopic (exact) mass is 353 g/mol. The normalized spacial score (nSPS) is 10.9. The van der Waals surface area contributed by atoms with Crippen LogP contribution in [0.2, 0.25) is 0 Å². The molecule has 0 fully saturated rings. The SMILES string of the molecule is C=CCOC(=O)c1ccccc1NS(=O)(=O)c1ccc(F)cc1F. The molecule has 0 radical (unpaired) electrons. The molecule has 0 heterocycles. The lowest BCUT2D eigenvalue weighted by atomic mass is 10.2. The van der Waals surface area contributed by atoms with Crippen LogP contribution in [0.25, 0.3) is 0 Å². The molecule has 0 aliphatic heterocycles. The van der Waals surface area contributed by atoms with E-state index in [1.165, 1.54) is 30.3 Å². The minimum Gasteiger partial charge on any atom is -0.458 e. The first-order valence-corrected chi connectivity index (χ1v) is 8.18. The lowest BCUT2D eigenvalue weighted by Gasteiger charge is -2.12. The molecule has 24 heavy (non-hydrogen) atoms. The molecule has 0 aliphatic rings. The lowest BCUT2D eigenvalue weighted by Crippen LogP contribution is -2.17. The molecule has 2 rings (SSSR count). The molecule has 0 amide bonds. The largest absolute Gasteiger partial charge is 0.458 e. The summed E-state index contributed by atoms with van der Waals surface area (Å²) in [6.07, 6.45) is 1.36. The number of hydrogen-bond acceptors (Lipinski definition) is 4. The minimum atomic E-state index is -4.36. The summed E-state index contributed by atoms with van der Waals surface area (Å²) in [6.45, 7) is 3.35. The number of sulfonamides is 1. The van der Waals surface area contributed by atoms with Crippen molar-refractivity contribution >= 4 is 21.7 Å². The summed E-state index contributed by atoms with van der Waals surface area (Å²) in [6, 6.07) is 7.75. The van der Waals surface area contributed by atoms with Crippen molar-refractivity contribution in [2.24, 2.45) is 0 Å². The molecule has 0 saturated heterocycles. The summed E-state index contributed by atoms with van der Waals surface area (Å²) in [7, 11) is -4.36. The van der Waals surface area contributed by atoms with Crippen molar-refractivity contribution in [2.75, 3.05) is 11.3 Å². The van der Waals surface area contributed by atoms with Gasteiger partial charge in [-0.2, -0.15) is 0 Å². The van der Waals surface area contributed by atoms with E-state index >= 15 is 0 Å². The van der Waals surface area contributed by atoms with Gasteiger partial charge in [-0.3, -0.25) is 4.72 Å². The van der Waals surface area contributed by atoms with Gasteiger partial charge < -0.3 is 4.74 Å². The molecule has 0 bridgehead atoms. The summed E-state index contributed by atoms with van der Waals surface area (Å²) in [5, 5.41) is 0. The Kier molecular flexibility index (Phi) is 5.30. The Morgan fingerprint density at radius 3 is 2.58 bits per heavy atom. The van der Waals surface area contributed by atoms with Gasteiger partial charge in [0.15, 0.2) is 0 Å². The van der Waals surface area contributed by atoms with Gasteiger partial charge in [0.2, 0.25) is 0 Å². The third-order valence-corrected chi connectivity index (χ3v) is 4.31. The Morgan fingerprint density at radius 2 is 1.92 bits per heavy atom. The number of benzene rings is 2. The Morgan fingerprint density at radius 1 is 1.21 bits per heavy atom. The topological polar surface area (TPSA) is 72.5 Å². The molecule has 2 aromatic rings. The van der Waals surface area contributed by atoms with Crippen LogP contribution in [0.4, 0.5) is 14.5 Å². The highest BCUT2D eigenvalue weighted by Gasteiger charge is 2.22. The van der Waals surface area contributed by atoms with Crippen molar-refractivity contribution in [3.8, 4) is 0 Å². The van der Waals surface area contributed by atoms with E-state index in [9.17, 15) is 22.0 Å². The van der Waals surface area contributed by atoms with Crippen molar-refractivity contribution in [3.63, 3.8) is 0 Å². The number of ether oxygens (including phenoxy) is 1. The van der Waals surface area contributed by atoms with Crippen molar-refractivity contribution in [1.29, 1.82) is 0 Å². The molecule has 0 saturated carbocycles. The standard InChI is InChI=1S/C16H13F2NO4S/c1-2-9-23-16(20)12-5-3-4-6-14(12)19-24(21,22)15-8-7-11(17)10-13(15)18/h2-8,10,19H,1,9H2. The Balaban J connectivity index is 2.36. The van der Waals surface area contributed by atoms with E-state index in [2.05, 4.69) is 11.3 Å². The van der Waals surface area contributed by atoms with Crippen molar-refractivity contribution in [2.45, 2.75) is 4.90 Å². The van der Waals surface area contributed by atoms with Crippen molar-refractivity contribution in [3.05, 3.63) is 72.3 Å². The van der Waals surface area contributed by atoms with E-state index < -0.39 is 32.5 Å². The van der Waals surface area contributed by atoms with Crippen molar-refractivity contribution in [1.82, 2.24) is 0 Å². The predicted molar refractivity (Wildman–Crippen MR) is 84.1 cm³/mol. The van der Waals surface area contributed by atoms with E-state index in [0.29, 0.717) is 6.07 Å². The molecule has 0 spiro atoms. The second-order valence-corrected chi connectivity index (χ2v) is 6.26. The maximum absolute atomic E-state index is 13.7. The van der Waals surface area contributed by atoms with Gasteiger partial charge >= 0.3 is 5.97 Å². The number of carbonyl (C=O) groups excluding carboxylic acids is 1. The van der Waals surface area contributed by atoms with Crippen LogP contribution in [0.15, 0.2) is 60.0 Å². The number of halogens is 2. The van der Waals surface area contributed by atoms with E-state index in [1.54, 1.807) is 0 Å². The van der Waals surface area contributed by atoms with Gasteiger partial charge in [0, 0.05) is 6.07 Å². The smallest absolute Gasteiger partial charge is 0.340 e. The number of rotatable bonds is 6. The van der Waals surface area contributed by atoms with Crippen LogP contribution in [0.5, 0.6) is 0 Å². The summed E-state index contributed by atoms with van der Waals surface area (Å²) in [4.78, 5) is 11.2. The van der Waals surface area contributed by atoms with E-state index in [1.807, 2.05) is 0 Å². The highest BCUT2D eigenvalue weighted by Crippen LogP contribution is 2.23. The Labute approximate surface area is 137 Å². The van der Waals surface area contributed by atoms with Crippen LogP contribution in [0.3, 0.4) is 0 Å². The number of nitrogens with one attached hydrogen (secondary N) is 1. The first-order chi connectivity index (χ1) is 11.3. The van der Waals surface area contributed by atoms with Crippen LogP contribution >= 0.6 is 0 Å². The molecule has 2 aromatic carbocycles. The van der Waals surface area contributed by atoms with Gasteiger partial charge in [-0.05, 0) is 24.3 Å². The zero-order chi connectivity index (χ0) is 17.7. The Bertz CT molecular complexity index is 881. The maximum Gasteiger partial charge on any atom is 0.340 e. The average Bonchev–Trinajstić information content (AvgIpc) is 2.52. The fourth-order valence-corrected chi connectivity index (χ4v) is 3.00. The summed E-state index contributed by atoms with van der Waals surface area (Å²) in [5.41, 5.74) is -0.138. The predicted octanol–water partition coefficient (Wildman–Crippen LogP) is 3.11. The molecular formula is C16H13F2NO4S. The maximum atomic E-state index is 13.7. The third-order valence-electron chi connectivity index (χ3n) is 2.91. The molecule has 8 heteroatoms. The Hall–Kier alpha value is -2.74. The zero-order valence-corrected chi connectivity index (χ0v) is 13.1. The first kappa shape index (κ1) is 17.6. The van der Waals surface area contributed by atoms with Crippen LogP contribution in [-0.2, 0) is 14.8 Å². The van der Waals surface area contributed by atoms with Gasteiger partial charge in [0.05, 0.1) is 11.3 Å². The fraction of sp³-hybridized carbons (Fsp3) is 0.0625. The summed E-state index contributed by atoms with van der Waals surface area (Å²) < 4.78 is 58.2. The van der Waals surface area contributed by atoms with Crippen molar-refractivity contribution < 1.29 is 26.7 Å². The van der Waals surface area contributed by atoms with E-state index in [0.717, 1.165) is 12.1 Å². The van der Waals surface area contributed by atoms with E-state index in [4.69, 9.17) is 4.74 Å². The number of carbonyl (C=O) groups is 1. The molecule has 5 nitrogen and oxygen atoms in total. The molecular weight excluding hydrogens is 340 g/mol. The van der Waals surface area contributed by atoms with Crippen LogP contribution in [0, 0.1) is 11.6 Å². The fourth-order valence-electron chi connectivity index (χ4n) is 1.86. The zero-order valence-electron chi connectivity index (χ0n) is 12.3. The quantitative estimate of drug-likeness (QED) is 0.640. The van der Waals surface area contributed by atoms with Gasteiger partial charge in [-0.1, -0.05) is 24.8 Å². The van der Waals surface area contributed by atoms with Crippen LogP contribution in [0.1, 0.15) is 10.4 Å². The van der Waals surface area contributed by atoms with Crippen LogP contribution < -0.4 is 4.72 Å². The molecule has 1 N–H and O–H groups in total. The molecule has 0 aromatic heterocycles. The first-order valence-electron chi connectivity index (χ1n) is 6.70. The molecule has 0 aliphatic carbocycles. The second kappa shape index (κ2) is 7.22. The minimum absolute atomic E-state index is 0.0491. The molecule has 0 unspecified atom stereocenters. The van der Waals surface area contributed by atoms with Gasteiger partial charge in [-0.25, -0.2) is 22.0 Å². The number of esters is 1. The lowest BCUT2D eigenvalue weighted by molar-refractivity contribution is 0.0551. The summed E-state index contributed by atoms with van der Waals surface area (Å²) >= 11 is 0. The average molecular weight is 353 g/mol. The third kappa shape index (κ3) is 3.96.